The Balaban J connectivity index is 1.06. The van der Waals surface area contributed by atoms with Crippen LogP contribution in [0.25, 0.3) is 0 Å². The van der Waals surface area contributed by atoms with Crippen molar-refractivity contribution in [3.05, 3.63) is 11.6 Å². The second kappa shape index (κ2) is 16.9. The lowest BCUT2D eigenvalue weighted by Crippen LogP contribution is -2.68. The molecule has 3 saturated heterocycles. The summed E-state index contributed by atoms with van der Waals surface area (Å²) >= 11 is 0. The zero-order chi connectivity index (χ0) is 47.7. The number of carboxylic acid groups (broad SMARTS) is 1. The molecule has 10 N–H and O–H groups in total. The highest BCUT2D eigenvalue weighted by molar-refractivity contribution is 5.80. The van der Waals surface area contributed by atoms with Gasteiger partial charge in [0.15, 0.2) is 24.8 Å². The molecule has 23 atom stereocenters. The van der Waals surface area contributed by atoms with E-state index in [2.05, 4.69) is 54.5 Å². The van der Waals surface area contributed by atoms with E-state index in [1.807, 2.05) is 0 Å². The number of carbonyl (C=O) groups excluding carboxylic acids is 1. The largest absolute Gasteiger partial charge is 0.479 e. The highest BCUT2D eigenvalue weighted by Crippen LogP contribution is 2.76. The topological polar surface area (TPSA) is 292 Å². The summed E-state index contributed by atoms with van der Waals surface area (Å²) in [4.78, 5) is 26.9. The van der Waals surface area contributed by atoms with E-state index in [1.165, 1.54) is 6.92 Å². The number of ether oxygens (including phenoxy) is 6. The highest BCUT2D eigenvalue weighted by Gasteiger charge is 2.72. The summed E-state index contributed by atoms with van der Waals surface area (Å²) in [5, 5.41) is 107. The first-order valence-electron chi connectivity index (χ1n) is 23.7. The number of hydrogen-bond donors (Lipinski definition) is 10. The normalized spacial score (nSPS) is 53.9. The second-order valence-electron chi connectivity index (χ2n) is 23.1. The fourth-order valence-corrected chi connectivity index (χ4v) is 14.8. The van der Waals surface area contributed by atoms with Crippen molar-refractivity contribution in [3.8, 4) is 0 Å². The van der Waals surface area contributed by atoms with E-state index in [1.54, 1.807) is 0 Å². The molecule has 0 radical (unpaired) electrons. The van der Waals surface area contributed by atoms with Gasteiger partial charge in [0.05, 0.1) is 24.9 Å². The Morgan fingerprint density at radius 2 is 1.34 bits per heavy atom. The molecule has 0 aromatic carbocycles. The number of rotatable bonds is 7. The van der Waals surface area contributed by atoms with Crippen molar-refractivity contribution in [1.82, 2.24) is 0 Å². The lowest BCUT2D eigenvalue weighted by atomic mass is 9.33. The summed E-state index contributed by atoms with van der Waals surface area (Å²) in [6, 6.07) is 0. The minimum atomic E-state index is -1.82. The molecule has 3 heterocycles. The summed E-state index contributed by atoms with van der Waals surface area (Å²) < 4.78 is 35.5. The number of aliphatic carboxylic acids is 1. The van der Waals surface area contributed by atoms with Gasteiger partial charge in [0.1, 0.15) is 54.2 Å². The number of fused-ring (bicyclic) bond motifs is 7. The number of aliphatic hydroxyl groups excluding tert-OH is 9. The highest BCUT2D eigenvalue weighted by atomic mass is 16.8. The minimum absolute atomic E-state index is 0.115. The van der Waals surface area contributed by atoms with Gasteiger partial charge in [0, 0.05) is 0 Å². The van der Waals surface area contributed by atoms with Crippen LogP contribution < -0.4 is 0 Å². The lowest BCUT2D eigenvalue weighted by Gasteiger charge is -2.71. The molecule has 8 aliphatic rings. The van der Waals surface area contributed by atoms with Crippen LogP contribution in [0.4, 0.5) is 0 Å². The van der Waals surface area contributed by atoms with E-state index in [-0.39, 0.29) is 34.5 Å². The van der Waals surface area contributed by atoms with Crippen molar-refractivity contribution in [2.45, 2.75) is 211 Å². The first-order chi connectivity index (χ1) is 30.2. The van der Waals surface area contributed by atoms with Gasteiger partial charge >= 0.3 is 11.9 Å². The van der Waals surface area contributed by atoms with Crippen LogP contribution in [-0.4, -0.2) is 168 Å². The van der Waals surface area contributed by atoms with Gasteiger partial charge in [-0.05, 0) is 110 Å². The van der Waals surface area contributed by atoms with Crippen molar-refractivity contribution in [2.75, 3.05) is 6.61 Å². The van der Waals surface area contributed by atoms with Crippen molar-refractivity contribution in [3.63, 3.8) is 0 Å². The molecule has 3 aliphatic heterocycles. The maximum Gasteiger partial charge on any atom is 0.335 e. The van der Waals surface area contributed by atoms with Gasteiger partial charge in [-0.2, -0.15) is 0 Å². The summed E-state index contributed by atoms with van der Waals surface area (Å²) in [6.45, 7) is 16.6. The molecule has 0 aromatic rings. The zero-order valence-electron chi connectivity index (χ0n) is 38.9. The van der Waals surface area contributed by atoms with Crippen molar-refractivity contribution in [2.24, 2.45) is 50.2 Å². The van der Waals surface area contributed by atoms with Crippen LogP contribution >= 0.6 is 0 Å². The molecular weight excluding hydrogens is 852 g/mol. The second-order valence-corrected chi connectivity index (χ2v) is 23.1. The minimum Gasteiger partial charge on any atom is -0.479 e. The summed E-state index contributed by atoms with van der Waals surface area (Å²) in [5.41, 5.74) is -2.07. The third-order valence-corrected chi connectivity index (χ3v) is 18.9. The van der Waals surface area contributed by atoms with Crippen molar-refractivity contribution < 1.29 is 89.1 Å². The number of hydrogen-bond acceptors (Lipinski definition) is 17. The first-order valence-corrected chi connectivity index (χ1v) is 23.7. The molecule has 4 saturated carbocycles. The van der Waals surface area contributed by atoms with E-state index in [0.717, 1.165) is 31.3 Å². The van der Waals surface area contributed by atoms with Gasteiger partial charge in [0.25, 0.3) is 0 Å². The summed E-state index contributed by atoms with van der Waals surface area (Å²) in [5.74, 6) is -2.36. The number of carboxylic acids is 1. The van der Waals surface area contributed by atoms with Gasteiger partial charge in [0.2, 0.25) is 6.29 Å². The summed E-state index contributed by atoms with van der Waals surface area (Å²) in [6.07, 6.45) is -16.0. The fraction of sp³-hybridized carbons (Fsp3) is 0.915. The molecular formula is C47H74O18. The molecule has 18 heteroatoms. The third-order valence-electron chi connectivity index (χ3n) is 18.9. The molecule has 370 valence electrons. The molecule has 7 fully saturated rings. The lowest BCUT2D eigenvalue weighted by molar-refractivity contribution is -0.350. The van der Waals surface area contributed by atoms with E-state index in [4.69, 9.17) is 28.4 Å². The Kier molecular flexibility index (Phi) is 12.9. The van der Waals surface area contributed by atoms with E-state index >= 15 is 4.79 Å². The molecule has 65 heavy (non-hydrogen) atoms. The van der Waals surface area contributed by atoms with Gasteiger partial charge in [-0.15, -0.1) is 0 Å². The molecule has 8 rings (SSSR count). The van der Waals surface area contributed by atoms with Gasteiger partial charge < -0.3 is 79.5 Å². The first kappa shape index (κ1) is 49.5. The molecule has 18 nitrogen and oxygen atoms in total. The number of esters is 1. The van der Waals surface area contributed by atoms with Gasteiger partial charge in [-0.1, -0.05) is 60.1 Å². The Bertz CT molecular complexity index is 1840. The van der Waals surface area contributed by atoms with Crippen LogP contribution in [0.2, 0.25) is 0 Å². The quantitative estimate of drug-likeness (QED) is 0.0963. The SMILES string of the molecule is C[C@@H]1O[C@@H](O[C@H]2[C@H](OC(=O)[C@]34CCC(C)(C)C[C@H]3C3=CC[C@@H]5[C@@]6(C)CC[C@H](O[C@@H]7O[C@H](C(=O)O)[C@@H](O)[C@H](O)[C@H]7O)C(C)(C)[C@@H]6CC[C@@]5(C)[C@@]3(C)C[C@@H]4O)OC[C@H](O)[C@@H]2O)[C@H](O)[C@H](O)[C@H]1O. The van der Waals surface area contributed by atoms with Crippen LogP contribution in [-0.2, 0) is 38.0 Å². The van der Waals surface area contributed by atoms with Crippen LogP contribution in [0.5, 0.6) is 0 Å². The molecule has 0 bridgehead atoms. The predicted molar refractivity (Wildman–Crippen MR) is 225 cm³/mol. The Morgan fingerprint density at radius 3 is 2.00 bits per heavy atom. The molecule has 0 aromatic heterocycles. The number of allylic oxidation sites excluding steroid dienone is 2. The van der Waals surface area contributed by atoms with Crippen molar-refractivity contribution in [1.29, 1.82) is 0 Å². The van der Waals surface area contributed by atoms with E-state index in [9.17, 15) is 55.9 Å². The predicted octanol–water partition coefficient (Wildman–Crippen LogP) is 0.870. The third kappa shape index (κ3) is 7.58. The van der Waals surface area contributed by atoms with Gasteiger partial charge in [-0.25, -0.2) is 4.79 Å². The standard InChI is InChI=1S/C47H74O18/c1-20-28(50)30(52)33(55)38(61-20)64-36-29(51)23(48)19-60-40(36)65-41(59)47-16-15-42(2,3)17-22(47)21-9-10-25-44(6)13-12-27(62-39-34(56)31(53)32(54)35(63-39)37(57)58)43(4,5)24(44)11-14-45(25,7)46(21,8)18-26(47)49/h9,20,22-36,38-40,48-56H,10-19H2,1-8H3,(H,57,58)/t20-,22-,23-,24-,25+,26-,27-,28-,29-,30+,31-,32-,33+,34+,35-,36+,38-,39+,40-,44-,45+,46-,47+/m0/s1. The Hall–Kier alpha value is -1.88. The number of aliphatic hydroxyl groups is 9. The maximum atomic E-state index is 15.1. The zero-order valence-corrected chi connectivity index (χ0v) is 38.9. The van der Waals surface area contributed by atoms with E-state index in [0.29, 0.717) is 25.7 Å². The van der Waals surface area contributed by atoms with Crippen LogP contribution in [0.1, 0.15) is 113 Å². The molecule has 5 aliphatic carbocycles. The Morgan fingerprint density at radius 1 is 0.692 bits per heavy atom. The molecule has 0 spiro atoms. The Labute approximate surface area is 380 Å². The average Bonchev–Trinajstić information content (AvgIpc) is 3.22. The monoisotopic (exact) mass is 926 g/mol. The van der Waals surface area contributed by atoms with Crippen LogP contribution in [0, 0.1) is 50.2 Å². The molecule has 0 amide bonds. The van der Waals surface area contributed by atoms with Crippen LogP contribution in [0.3, 0.4) is 0 Å². The summed E-state index contributed by atoms with van der Waals surface area (Å²) in [7, 11) is 0. The van der Waals surface area contributed by atoms with Crippen LogP contribution in [0.15, 0.2) is 11.6 Å². The van der Waals surface area contributed by atoms with Gasteiger partial charge in [-0.3, -0.25) is 4.79 Å². The van der Waals surface area contributed by atoms with Crippen molar-refractivity contribution >= 4 is 11.9 Å². The fourth-order valence-electron chi connectivity index (χ4n) is 14.8. The molecule has 0 unspecified atom stereocenters. The van der Waals surface area contributed by atoms with E-state index < -0.39 is 139 Å². The average molecular weight is 927 g/mol. The number of carbonyl (C=O) groups is 2. The smallest absolute Gasteiger partial charge is 0.335 e. The maximum absolute atomic E-state index is 15.1.